The number of nitrogens with one attached hydrogen (secondary N) is 2. The first-order valence-electron chi connectivity index (χ1n) is 8.36. The van der Waals surface area contributed by atoms with E-state index in [2.05, 4.69) is 10.0 Å². The first-order valence-corrected chi connectivity index (χ1v) is 9.84. The molecule has 2 aromatic carbocycles. The van der Waals surface area contributed by atoms with Crippen LogP contribution < -0.4 is 14.8 Å². The molecule has 0 atom stereocenters. The molecule has 7 heteroatoms. The molecule has 0 fully saturated rings. The fourth-order valence-corrected chi connectivity index (χ4v) is 3.54. The minimum absolute atomic E-state index is 0.0262. The maximum absolute atomic E-state index is 12.5. The number of para-hydroxylation sites is 1. The zero-order valence-electron chi connectivity index (χ0n) is 15.2. The van der Waals surface area contributed by atoms with E-state index in [9.17, 15) is 13.2 Å². The molecule has 0 unspecified atom stereocenters. The second-order valence-electron chi connectivity index (χ2n) is 6.12. The molecule has 0 aliphatic heterocycles. The lowest BCUT2D eigenvalue weighted by molar-refractivity contribution is 0.0943. The van der Waals surface area contributed by atoms with Gasteiger partial charge in [0, 0.05) is 18.2 Å². The van der Waals surface area contributed by atoms with E-state index in [1.807, 2.05) is 38.1 Å². The minimum atomic E-state index is -3.71. The number of sulfonamides is 1. The second-order valence-corrected chi connectivity index (χ2v) is 7.88. The summed E-state index contributed by atoms with van der Waals surface area (Å²) in [6, 6.07) is 13.4. The number of hydrogen-bond acceptors (Lipinski definition) is 4. The molecule has 0 saturated carbocycles. The van der Waals surface area contributed by atoms with Crippen LogP contribution in [-0.2, 0) is 16.4 Å². The number of methoxy groups -OCH3 is 1. The van der Waals surface area contributed by atoms with Crippen LogP contribution >= 0.6 is 0 Å². The lowest BCUT2D eigenvalue weighted by Gasteiger charge is -2.11. The molecule has 0 spiro atoms. The molecule has 0 heterocycles. The number of hydrogen-bond donors (Lipinski definition) is 2. The highest BCUT2D eigenvalue weighted by Crippen LogP contribution is 2.18. The minimum Gasteiger partial charge on any atom is -0.496 e. The van der Waals surface area contributed by atoms with E-state index in [0.29, 0.717) is 12.0 Å². The molecule has 0 radical (unpaired) electrons. The van der Waals surface area contributed by atoms with E-state index in [0.717, 1.165) is 11.3 Å². The summed E-state index contributed by atoms with van der Waals surface area (Å²) in [5.41, 5.74) is 1.23. The Kier molecular flexibility index (Phi) is 6.76. The van der Waals surface area contributed by atoms with E-state index >= 15 is 0 Å². The molecule has 2 N–H and O–H groups in total. The molecule has 0 aliphatic carbocycles. The molecule has 140 valence electrons. The molecule has 2 aromatic rings. The van der Waals surface area contributed by atoms with E-state index in [-0.39, 0.29) is 23.4 Å². The largest absolute Gasteiger partial charge is 0.496 e. The summed E-state index contributed by atoms with van der Waals surface area (Å²) in [6.07, 6.45) is 0.497. The third-order valence-corrected chi connectivity index (χ3v) is 5.16. The fraction of sp³-hybridized carbons (Fsp3) is 0.316. The lowest BCUT2D eigenvalue weighted by atomic mass is 10.1. The van der Waals surface area contributed by atoms with E-state index in [1.54, 1.807) is 19.2 Å². The Labute approximate surface area is 154 Å². The van der Waals surface area contributed by atoms with Gasteiger partial charge in [0.25, 0.3) is 5.91 Å². The average molecular weight is 376 g/mol. The summed E-state index contributed by atoms with van der Waals surface area (Å²) in [4.78, 5) is 12.1. The van der Waals surface area contributed by atoms with Crippen molar-refractivity contribution in [2.75, 3.05) is 13.7 Å². The fourth-order valence-electron chi connectivity index (χ4n) is 2.46. The molecule has 26 heavy (non-hydrogen) atoms. The molecular formula is C19H24N2O4S. The van der Waals surface area contributed by atoms with Crippen LogP contribution in [0.4, 0.5) is 0 Å². The highest BCUT2D eigenvalue weighted by atomic mass is 32.2. The molecule has 0 aliphatic rings. The number of carbonyl (C=O) groups is 1. The van der Waals surface area contributed by atoms with Gasteiger partial charge in [0.2, 0.25) is 10.0 Å². The van der Waals surface area contributed by atoms with Crippen molar-refractivity contribution < 1.29 is 17.9 Å². The monoisotopic (exact) mass is 376 g/mol. The predicted molar refractivity (Wildman–Crippen MR) is 101 cm³/mol. The molecule has 6 nitrogen and oxygen atoms in total. The zero-order chi connectivity index (χ0) is 19.2. The molecule has 0 saturated heterocycles. The van der Waals surface area contributed by atoms with Gasteiger partial charge in [-0.3, -0.25) is 4.79 Å². The Morgan fingerprint density at radius 2 is 1.85 bits per heavy atom. The third-order valence-electron chi connectivity index (χ3n) is 3.71. The molecular weight excluding hydrogens is 352 g/mol. The summed E-state index contributed by atoms with van der Waals surface area (Å²) < 4.78 is 32.8. The quantitative estimate of drug-likeness (QED) is 0.741. The van der Waals surface area contributed by atoms with E-state index in [1.165, 1.54) is 12.1 Å². The van der Waals surface area contributed by atoms with Gasteiger partial charge in [-0.15, -0.1) is 0 Å². The zero-order valence-corrected chi connectivity index (χ0v) is 16.0. The van der Waals surface area contributed by atoms with Crippen molar-refractivity contribution in [1.29, 1.82) is 0 Å². The first kappa shape index (κ1) is 19.9. The van der Waals surface area contributed by atoms with Crippen molar-refractivity contribution in [1.82, 2.24) is 10.0 Å². The summed E-state index contributed by atoms with van der Waals surface area (Å²) in [7, 11) is -2.13. The van der Waals surface area contributed by atoms with Gasteiger partial charge in [-0.2, -0.15) is 0 Å². The van der Waals surface area contributed by atoms with Crippen LogP contribution in [-0.4, -0.2) is 34.0 Å². The maximum atomic E-state index is 12.5. The van der Waals surface area contributed by atoms with Crippen LogP contribution in [0.5, 0.6) is 5.75 Å². The van der Waals surface area contributed by atoms with Crippen molar-refractivity contribution in [2.24, 2.45) is 0 Å². The summed E-state index contributed by atoms with van der Waals surface area (Å²) in [5, 5.41) is 2.75. The van der Waals surface area contributed by atoms with Gasteiger partial charge in [0.15, 0.2) is 0 Å². The highest BCUT2D eigenvalue weighted by Gasteiger charge is 2.16. The SMILES string of the molecule is COc1ccccc1CCNS(=O)(=O)c1cccc(C(=O)NC(C)C)c1. The summed E-state index contributed by atoms with van der Waals surface area (Å²) in [5.74, 6) is 0.421. The number of benzene rings is 2. The number of carbonyl (C=O) groups excluding carboxylic acids is 1. The average Bonchev–Trinajstić information content (AvgIpc) is 2.61. The van der Waals surface area contributed by atoms with Gasteiger partial charge in [0.1, 0.15) is 5.75 Å². The standard InChI is InChI=1S/C19H24N2O4S/c1-14(2)21-19(22)16-8-6-9-17(13-16)26(23,24)20-12-11-15-7-4-5-10-18(15)25-3/h4-10,13-14,20H,11-12H2,1-3H3,(H,21,22). The van der Waals surface area contributed by atoms with E-state index < -0.39 is 10.0 Å². The first-order chi connectivity index (χ1) is 12.3. The van der Waals surface area contributed by atoms with Gasteiger partial charge in [0.05, 0.1) is 12.0 Å². The van der Waals surface area contributed by atoms with Crippen molar-refractivity contribution in [3.05, 3.63) is 59.7 Å². The van der Waals surface area contributed by atoms with Crippen molar-refractivity contribution >= 4 is 15.9 Å². The number of rotatable bonds is 8. The summed E-state index contributed by atoms with van der Waals surface area (Å²) in [6.45, 7) is 3.92. The topological polar surface area (TPSA) is 84.5 Å². The van der Waals surface area contributed by atoms with Crippen molar-refractivity contribution in [3.63, 3.8) is 0 Å². The van der Waals surface area contributed by atoms with Gasteiger partial charge >= 0.3 is 0 Å². The van der Waals surface area contributed by atoms with Crippen LogP contribution in [0.1, 0.15) is 29.8 Å². The predicted octanol–water partition coefficient (Wildman–Crippen LogP) is 2.35. The van der Waals surface area contributed by atoms with E-state index in [4.69, 9.17) is 4.74 Å². The normalized spacial score (nSPS) is 11.4. The number of amides is 1. The van der Waals surface area contributed by atoms with Crippen LogP contribution in [0.2, 0.25) is 0 Å². The Morgan fingerprint density at radius 1 is 1.12 bits per heavy atom. The third kappa shape index (κ3) is 5.31. The van der Waals surface area contributed by atoms with Crippen molar-refractivity contribution in [3.8, 4) is 5.75 Å². The second kappa shape index (κ2) is 8.82. The Balaban J connectivity index is 2.07. The van der Waals surface area contributed by atoms with Crippen molar-refractivity contribution in [2.45, 2.75) is 31.2 Å². The highest BCUT2D eigenvalue weighted by molar-refractivity contribution is 7.89. The Morgan fingerprint density at radius 3 is 2.54 bits per heavy atom. The molecule has 0 bridgehead atoms. The Bertz CT molecular complexity index is 863. The van der Waals surface area contributed by atoms with Gasteiger partial charge in [-0.1, -0.05) is 24.3 Å². The maximum Gasteiger partial charge on any atom is 0.251 e. The molecule has 2 rings (SSSR count). The smallest absolute Gasteiger partial charge is 0.251 e. The van der Waals surface area contributed by atoms with Gasteiger partial charge < -0.3 is 10.1 Å². The van der Waals surface area contributed by atoms with Crippen LogP contribution in [0, 0.1) is 0 Å². The van der Waals surface area contributed by atoms with Crippen LogP contribution in [0.3, 0.4) is 0 Å². The van der Waals surface area contributed by atoms with Gasteiger partial charge in [-0.05, 0) is 50.1 Å². The van der Waals surface area contributed by atoms with Gasteiger partial charge in [-0.25, -0.2) is 13.1 Å². The summed E-state index contributed by atoms with van der Waals surface area (Å²) >= 11 is 0. The number of ether oxygens (including phenoxy) is 1. The lowest BCUT2D eigenvalue weighted by Crippen LogP contribution is -2.30. The van der Waals surface area contributed by atoms with Crippen LogP contribution in [0.15, 0.2) is 53.4 Å². The molecule has 1 amide bonds. The molecule has 0 aromatic heterocycles. The Hall–Kier alpha value is -2.38. The van der Waals surface area contributed by atoms with Crippen LogP contribution in [0.25, 0.3) is 0 Å².